The van der Waals surface area contributed by atoms with Gasteiger partial charge in [-0.05, 0) is 203 Å². The third kappa shape index (κ3) is 15.9. The van der Waals surface area contributed by atoms with Crippen molar-refractivity contribution in [3.63, 3.8) is 0 Å². The van der Waals surface area contributed by atoms with Crippen LogP contribution >= 0.6 is 35.3 Å². The number of halogens is 9. The summed E-state index contributed by atoms with van der Waals surface area (Å²) in [5.41, 5.74) is -2.69. The predicted octanol–water partition coefficient (Wildman–Crippen LogP) is 12.4. The number of alkyl halides is 9. The van der Waals surface area contributed by atoms with Crippen LogP contribution in [0.15, 0.2) is 142 Å². The van der Waals surface area contributed by atoms with Gasteiger partial charge in [0.25, 0.3) is 17.7 Å². The number of nitrogens with two attached hydrogens (primary N) is 2. The van der Waals surface area contributed by atoms with E-state index in [-0.39, 0.29) is 92.6 Å². The maximum atomic E-state index is 13.1. The van der Waals surface area contributed by atoms with Gasteiger partial charge in [-0.15, -0.1) is 0 Å². The lowest BCUT2D eigenvalue weighted by atomic mass is 10.0. The molecular formula is C56H53F9N12O7S3. The molecule has 5 N–H and O–H groups in total. The van der Waals surface area contributed by atoms with Crippen molar-refractivity contribution in [1.29, 1.82) is 0 Å². The molecule has 10 amide bonds. The number of urea groups is 3. The topological polar surface area (TPSA) is 242 Å². The van der Waals surface area contributed by atoms with Crippen molar-refractivity contribution in [2.75, 3.05) is 31.5 Å². The van der Waals surface area contributed by atoms with Gasteiger partial charge in [0.2, 0.25) is 5.91 Å². The summed E-state index contributed by atoms with van der Waals surface area (Å²) in [6, 6.07) is 23.4. The number of nitrogen functional groups attached to an aromatic ring is 2. The molecule has 0 aliphatic carbocycles. The minimum Gasteiger partial charge on any atom is -0.384 e. The molecule has 3 aliphatic heterocycles. The summed E-state index contributed by atoms with van der Waals surface area (Å²) in [6.45, 7) is 11.4. The number of rotatable bonds is 13. The molecule has 3 saturated heterocycles. The lowest BCUT2D eigenvalue weighted by molar-refractivity contribution is -0.124. The van der Waals surface area contributed by atoms with Gasteiger partial charge >= 0.3 is 34.6 Å². The van der Waals surface area contributed by atoms with Crippen LogP contribution in [0.3, 0.4) is 0 Å². The molecular weight excluding hydrogens is 1220 g/mol. The molecule has 0 radical (unpaired) electrons. The Hall–Kier alpha value is -8.58. The summed E-state index contributed by atoms with van der Waals surface area (Å²) in [5, 5.41) is 2.55. The molecule has 6 heterocycles. The zero-order valence-electron chi connectivity index (χ0n) is 46.9. The minimum absolute atomic E-state index is 0.0290. The molecule has 3 aliphatic rings. The number of imide groups is 3. The Balaban J connectivity index is 0.000000187. The molecule has 0 atom stereocenters. The van der Waals surface area contributed by atoms with E-state index in [2.05, 4.69) is 20.3 Å². The van der Waals surface area contributed by atoms with E-state index in [1.165, 1.54) is 113 Å². The monoisotopic (exact) mass is 1270 g/mol. The van der Waals surface area contributed by atoms with E-state index in [9.17, 15) is 73.1 Å². The Kier molecular flexibility index (Phi) is 19.3. The first-order chi connectivity index (χ1) is 40.4. The van der Waals surface area contributed by atoms with Gasteiger partial charge in [0.15, 0.2) is 0 Å². The third-order valence-corrected chi connectivity index (χ3v) is 15.5. The second-order valence-electron chi connectivity index (χ2n) is 20.7. The number of nitrogens with zero attached hydrogens (tertiary/aromatic N) is 9. The molecule has 3 aromatic heterocycles. The number of amides is 10. The van der Waals surface area contributed by atoms with E-state index in [4.69, 9.17) is 11.5 Å². The van der Waals surface area contributed by atoms with Crippen molar-refractivity contribution < 1.29 is 73.1 Å². The summed E-state index contributed by atoms with van der Waals surface area (Å²) >= 11 is -0.793. The summed E-state index contributed by atoms with van der Waals surface area (Å²) in [6.07, 6.45) is 4.49. The fourth-order valence-electron chi connectivity index (χ4n) is 8.93. The van der Waals surface area contributed by atoms with Crippen LogP contribution < -0.4 is 31.5 Å². The Morgan fingerprint density at radius 1 is 0.448 bits per heavy atom. The number of benzene rings is 3. The van der Waals surface area contributed by atoms with Gasteiger partial charge in [0, 0.05) is 59.8 Å². The Morgan fingerprint density at radius 3 is 0.966 bits per heavy atom. The summed E-state index contributed by atoms with van der Waals surface area (Å²) < 4.78 is 112. The summed E-state index contributed by atoms with van der Waals surface area (Å²) in [7, 11) is 0. The summed E-state index contributed by atoms with van der Waals surface area (Å²) in [4.78, 5) is 108. The van der Waals surface area contributed by atoms with Gasteiger partial charge in [0.1, 0.15) is 34.1 Å². The van der Waals surface area contributed by atoms with Crippen molar-refractivity contribution in [3.05, 3.63) is 144 Å². The number of nitrogens with one attached hydrogen (secondary N) is 1. The molecule has 0 unspecified atom stereocenters. The van der Waals surface area contributed by atoms with E-state index >= 15 is 0 Å². The second-order valence-corrected chi connectivity index (χ2v) is 24.2. The average molecular weight is 1270 g/mol. The number of hydrogen-bond donors (Lipinski definition) is 3. The number of anilines is 6. The molecule has 0 bridgehead atoms. The number of carbonyl (C=O) groups excluding carboxylic acids is 7. The normalized spacial score (nSPS) is 16.5. The molecule has 0 spiro atoms. The Bertz CT molecular complexity index is 3450. The first kappa shape index (κ1) is 66.0. The highest BCUT2D eigenvalue weighted by molar-refractivity contribution is 8.00. The predicted molar refractivity (Wildman–Crippen MR) is 308 cm³/mol. The lowest BCUT2D eigenvalue weighted by Gasteiger charge is -2.27. The van der Waals surface area contributed by atoms with Crippen molar-refractivity contribution in [1.82, 2.24) is 29.7 Å². The van der Waals surface area contributed by atoms with Gasteiger partial charge in [-0.2, -0.15) is 39.5 Å². The standard InChI is InChI=1S/C20H19F3N4O3S.2C18H17F3N4O2S/c1-12(28)25-16-10-13(8-9-24-16)11-26-18(30)27(17(29)19(26,2)3)14-4-6-15(7-5-14)31-20(21,22)23;2*1-17(2)15(26)25(12-3-5-13(6-4-12)28-18(19,20)21)16(27)24(17)10-11-7-8-23-14(22)9-11/h4-10H,11H2,1-3H3,(H,24,25,28);2*3-9H,10H2,1-2H3,(H2,22,23). The lowest BCUT2D eigenvalue weighted by Crippen LogP contribution is -2.43. The summed E-state index contributed by atoms with van der Waals surface area (Å²) in [5.74, 6) is -0.812. The van der Waals surface area contributed by atoms with E-state index in [1.807, 2.05) is 0 Å². The number of carbonyl (C=O) groups is 7. The molecule has 9 rings (SSSR count). The van der Waals surface area contributed by atoms with Crippen LogP contribution in [0.5, 0.6) is 0 Å². The van der Waals surface area contributed by atoms with Crippen LogP contribution in [0.1, 0.15) is 65.2 Å². The SMILES string of the molecule is CC(=O)Nc1cc(CN2C(=O)N(c3ccc(SC(F)(F)F)cc3)C(=O)C2(C)C)ccn1.CC1(C)C(=O)N(c2ccc(SC(F)(F)F)cc2)C(=O)N1Cc1ccnc(N)c1.CC1(C)C(=O)N(c2ccc(SC(F)(F)F)cc2)C(=O)N1Cc1ccnc(N)c1. The fraction of sp³-hybridized carbons (Fsp3) is 0.286. The van der Waals surface area contributed by atoms with Crippen molar-refractivity contribution in [3.8, 4) is 0 Å². The Labute approximate surface area is 504 Å². The second kappa shape index (κ2) is 25.4. The average Bonchev–Trinajstić information content (AvgIpc) is 1.65. The van der Waals surface area contributed by atoms with E-state index in [0.29, 0.717) is 34.1 Å². The number of pyridine rings is 3. The van der Waals surface area contributed by atoms with Crippen LogP contribution in [0, 0.1) is 0 Å². The van der Waals surface area contributed by atoms with Gasteiger partial charge in [-0.3, -0.25) is 19.2 Å². The van der Waals surface area contributed by atoms with Gasteiger partial charge in [-0.25, -0.2) is 44.0 Å². The van der Waals surface area contributed by atoms with E-state index < -0.39 is 69.0 Å². The van der Waals surface area contributed by atoms with Crippen molar-refractivity contribution in [2.45, 2.75) is 116 Å². The fourth-order valence-corrected chi connectivity index (χ4v) is 10.5. The van der Waals surface area contributed by atoms with E-state index in [0.717, 1.165) is 14.7 Å². The number of aromatic nitrogens is 3. The van der Waals surface area contributed by atoms with Crippen LogP contribution in [0.25, 0.3) is 0 Å². The molecule has 3 aromatic carbocycles. The van der Waals surface area contributed by atoms with Crippen LogP contribution in [-0.2, 0) is 38.8 Å². The first-order valence-corrected chi connectivity index (χ1v) is 28.0. The maximum absolute atomic E-state index is 13.1. The highest BCUT2D eigenvalue weighted by Crippen LogP contribution is 2.42. The molecule has 31 heteroatoms. The largest absolute Gasteiger partial charge is 0.446 e. The van der Waals surface area contributed by atoms with Crippen LogP contribution in [0.2, 0.25) is 0 Å². The first-order valence-electron chi connectivity index (χ1n) is 25.6. The third-order valence-electron chi connectivity index (χ3n) is 13.3. The maximum Gasteiger partial charge on any atom is 0.446 e. The molecule has 19 nitrogen and oxygen atoms in total. The highest BCUT2D eigenvalue weighted by atomic mass is 32.2. The Morgan fingerprint density at radius 2 is 0.713 bits per heavy atom. The quantitative estimate of drug-likeness (QED) is 0.0553. The van der Waals surface area contributed by atoms with Crippen molar-refractivity contribution in [2.24, 2.45) is 0 Å². The molecule has 87 heavy (non-hydrogen) atoms. The highest BCUT2D eigenvalue weighted by Gasteiger charge is 2.54. The van der Waals surface area contributed by atoms with Gasteiger partial charge in [0.05, 0.1) is 17.1 Å². The number of hydrogen-bond acceptors (Lipinski definition) is 15. The molecule has 6 aromatic rings. The van der Waals surface area contributed by atoms with Gasteiger partial charge in [-0.1, -0.05) is 0 Å². The zero-order valence-corrected chi connectivity index (χ0v) is 49.4. The minimum atomic E-state index is -4.43. The zero-order chi connectivity index (χ0) is 64.4. The molecule has 460 valence electrons. The molecule has 0 saturated carbocycles. The van der Waals surface area contributed by atoms with Crippen LogP contribution in [-0.4, -0.2) is 105 Å². The smallest absolute Gasteiger partial charge is 0.384 e. The molecule has 3 fully saturated rings. The number of thioether (sulfide) groups is 3. The van der Waals surface area contributed by atoms with Crippen molar-refractivity contribution >= 4 is 112 Å². The van der Waals surface area contributed by atoms with E-state index in [1.54, 1.807) is 77.9 Å². The van der Waals surface area contributed by atoms with Crippen LogP contribution in [0.4, 0.5) is 88.4 Å². The van der Waals surface area contributed by atoms with Gasteiger partial charge < -0.3 is 31.5 Å².